The average molecular weight is 286 g/mol. The van der Waals surface area contributed by atoms with Gasteiger partial charge in [-0.15, -0.1) is 0 Å². The van der Waals surface area contributed by atoms with Crippen LogP contribution >= 0.6 is 0 Å². The Morgan fingerprint density at radius 1 is 1.38 bits per heavy atom. The number of carbonyl (C=O) groups excluding carboxylic acids is 1. The number of hydrogen-bond donors (Lipinski definition) is 3. The molecule has 1 aliphatic rings. The van der Waals surface area contributed by atoms with Gasteiger partial charge in [-0.05, 0) is 18.4 Å². The van der Waals surface area contributed by atoms with Crippen molar-refractivity contribution in [1.29, 1.82) is 0 Å². The fraction of sp³-hybridized carbons (Fsp3) is 0.333. The molecule has 21 heavy (non-hydrogen) atoms. The van der Waals surface area contributed by atoms with Gasteiger partial charge in [0.15, 0.2) is 0 Å². The second-order valence-electron chi connectivity index (χ2n) is 5.31. The number of nitrogens with zero attached hydrogens (tertiary/aromatic N) is 2. The summed E-state index contributed by atoms with van der Waals surface area (Å²) in [6.07, 6.45) is 2.55. The number of carbonyl (C=O) groups is 1. The summed E-state index contributed by atoms with van der Waals surface area (Å²) in [5.74, 6) is 0.0562. The second kappa shape index (κ2) is 5.57. The number of anilines is 1. The fourth-order valence-electron chi connectivity index (χ4n) is 2.35. The van der Waals surface area contributed by atoms with Gasteiger partial charge in [0, 0.05) is 0 Å². The minimum absolute atomic E-state index is 0.172. The van der Waals surface area contributed by atoms with E-state index in [0.717, 1.165) is 18.4 Å². The highest BCUT2D eigenvalue weighted by Gasteiger charge is 2.31. The van der Waals surface area contributed by atoms with Gasteiger partial charge in [0.1, 0.15) is 11.4 Å². The summed E-state index contributed by atoms with van der Waals surface area (Å²) < 4.78 is 1.60. The zero-order valence-corrected chi connectivity index (χ0v) is 11.6. The lowest BCUT2D eigenvalue weighted by Gasteiger charge is -2.32. The largest absolute Gasteiger partial charge is 0.391 e. The zero-order valence-electron chi connectivity index (χ0n) is 11.6. The van der Waals surface area contributed by atoms with E-state index in [4.69, 9.17) is 5.73 Å². The number of aliphatic hydroxyl groups is 1. The van der Waals surface area contributed by atoms with E-state index in [9.17, 15) is 9.90 Å². The number of hydrogen-bond acceptors (Lipinski definition) is 4. The third kappa shape index (κ3) is 2.75. The summed E-state index contributed by atoms with van der Waals surface area (Å²) in [4.78, 5) is 12.1. The van der Waals surface area contributed by atoms with Crippen molar-refractivity contribution in [3.05, 3.63) is 47.7 Å². The van der Waals surface area contributed by atoms with Crippen LogP contribution in [0.15, 0.2) is 36.5 Å². The monoisotopic (exact) mass is 286 g/mol. The van der Waals surface area contributed by atoms with Crippen LogP contribution in [-0.4, -0.2) is 32.9 Å². The molecule has 1 heterocycles. The number of benzene rings is 1. The molecule has 0 spiro atoms. The average Bonchev–Trinajstić information content (AvgIpc) is 2.85. The van der Waals surface area contributed by atoms with E-state index in [-0.39, 0.29) is 11.9 Å². The van der Waals surface area contributed by atoms with Crippen molar-refractivity contribution in [3.63, 3.8) is 0 Å². The molecule has 6 heteroatoms. The van der Waals surface area contributed by atoms with Crippen molar-refractivity contribution in [3.8, 4) is 0 Å². The van der Waals surface area contributed by atoms with Crippen LogP contribution in [-0.2, 0) is 6.54 Å². The third-order valence-corrected chi connectivity index (χ3v) is 3.85. The lowest BCUT2D eigenvalue weighted by molar-refractivity contribution is 0.0448. The van der Waals surface area contributed by atoms with Crippen LogP contribution in [0.1, 0.15) is 28.8 Å². The number of nitrogens with one attached hydrogen (secondary N) is 1. The molecule has 2 atom stereocenters. The first kappa shape index (κ1) is 13.6. The topological polar surface area (TPSA) is 93.2 Å². The Hall–Kier alpha value is -2.34. The van der Waals surface area contributed by atoms with Crippen LogP contribution in [0.25, 0.3) is 0 Å². The van der Waals surface area contributed by atoms with Gasteiger partial charge in [-0.3, -0.25) is 4.79 Å². The van der Waals surface area contributed by atoms with Crippen molar-refractivity contribution in [2.45, 2.75) is 31.5 Å². The highest BCUT2D eigenvalue weighted by molar-refractivity contribution is 5.98. The maximum atomic E-state index is 12.1. The van der Waals surface area contributed by atoms with E-state index in [2.05, 4.69) is 10.4 Å². The molecular weight excluding hydrogens is 268 g/mol. The molecule has 0 aliphatic heterocycles. The molecule has 0 saturated heterocycles. The van der Waals surface area contributed by atoms with Crippen molar-refractivity contribution >= 4 is 11.7 Å². The summed E-state index contributed by atoms with van der Waals surface area (Å²) in [5.41, 5.74) is 7.41. The molecule has 6 nitrogen and oxygen atoms in total. The molecule has 2 aromatic rings. The van der Waals surface area contributed by atoms with Crippen molar-refractivity contribution in [2.24, 2.45) is 0 Å². The molecule has 0 unspecified atom stereocenters. The minimum Gasteiger partial charge on any atom is -0.391 e. The number of nitrogen functional groups attached to an aromatic ring is 1. The third-order valence-electron chi connectivity index (χ3n) is 3.85. The molecule has 1 aliphatic carbocycles. The Kier molecular flexibility index (Phi) is 3.62. The SMILES string of the molecule is Nc1c(C(=O)N[C@@H]2CC[C@H]2O)cnn1Cc1ccccc1. The van der Waals surface area contributed by atoms with Gasteiger partial charge in [-0.1, -0.05) is 30.3 Å². The number of amides is 1. The van der Waals surface area contributed by atoms with Gasteiger partial charge in [0.2, 0.25) is 0 Å². The van der Waals surface area contributed by atoms with Crippen LogP contribution in [0.3, 0.4) is 0 Å². The molecule has 110 valence electrons. The standard InChI is InChI=1S/C15H18N4O2/c16-14-11(15(21)18-12-6-7-13(12)20)8-17-19(14)9-10-4-2-1-3-5-10/h1-5,8,12-13,20H,6-7,9,16H2,(H,18,21)/t12-,13-/m1/s1. The Bertz CT molecular complexity index is 638. The first-order valence-electron chi connectivity index (χ1n) is 6.99. The van der Waals surface area contributed by atoms with Crippen LogP contribution in [0.4, 0.5) is 5.82 Å². The Morgan fingerprint density at radius 2 is 2.14 bits per heavy atom. The molecule has 1 fully saturated rings. The number of nitrogens with two attached hydrogens (primary N) is 1. The second-order valence-corrected chi connectivity index (χ2v) is 5.31. The lowest BCUT2D eigenvalue weighted by atomic mass is 9.89. The van der Waals surface area contributed by atoms with E-state index in [1.807, 2.05) is 30.3 Å². The van der Waals surface area contributed by atoms with Crippen molar-refractivity contribution in [2.75, 3.05) is 5.73 Å². The number of rotatable bonds is 4. The quantitative estimate of drug-likeness (QED) is 0.774. The van der Waals surface area contributed by atoms with E-state index in [0.29, 0.717) is 17.9 Å². The maximum Gasteiger partial charge on any atom is 0.256 e. The number of aliphatic hydroxyl groups excluding tert-OH is 1. The van der Waals surface area contributed by atoms with Gasteiger partial charge in [-0.2, -0.15) is 5.10 Å². The Balaban J connectivity index is 1.71. The molecule has 3 rings (SSSR count). The van der Waals surface area contributed by atoms with Crippen molar-refractivity contribution in [1.82, 2.24) is 15.1 Å². The smallest absolute Gasteiger partial charge is 0.256 e. The summed E-state index contributed by atoms with van der Waals surface area (Å²) in [5, 5.41) is 16.5. The summed E-state index contributed by atoms with van der Waals surface area (Å²) in [7, 11) is 0. The molecule has 1 aromatic heterocycles. The molecule has 1 aromatic carbocycles. The minimum atomic E-state index is -0.450. The van der Waals surface area contributed by atoms with E-state index < -0.39 is 6.10 Å². The van der Waals surface area contributed by atoms with Gasteiger partial charge < -0.3 is 16.2 Å². The predicted molar refractivity (Wildman–Crippen MR) is 78.7 cm³/mol. The van der Waals surface area contributed by atoms with Gasteiger partial charge in [0.05, 0.1) is 24.9 Å². The Morgan fingerprint density at radius 3 is 2.76 bits per heavy atom. The van der Waals surface area contributed by atoms with Gasteiger partial charge in [0.25, 0.3) is 5.91 Å². The van der Waals surface area contributed by atoms with Gasteiger partial charge in [-0.25, -0.2) is 4.68 Å². The van der Waals surface area contributed by atoms with Crippen LogP contribution in [0.5, 0.6) is 0 Å². The molecule has 0 bridgehead atoms. The van der Waals surface area contributed by atoms with E-state index >= 15 is 0 Å². The predicted octanol–water partition coefficient (Wildman–Crippen LogP) is 0.767. The normalized spacial score (nSPS) is 20.8. The zero-order chi connectivity index (χ0) is 14.8. The van der Waals surface area contributed by atoms with Crippen LogP contribution in [0, 0.1) is 0 Å². The van der Waals surface area contributed by atoms with Crippen molar-refractivity contribution < 1.29 is 9.90 Å². The van der Waals surface area contributed by atoms with E-state index in [1.54, 1.807) is 4.68 Å². The molecule has 0 radical (unpaired) electrons. The highest BCUT2D eigenvalue weighted by atomic mass is 16.3. The van der Waals surface area contributed by atoms with Crippen LogP contribution in [0.2, 0.25) is 0 Å². The molecule has 1 saturated carbocycles. The van der Waals surface area contributed by atoms with Gasteiger partial charge >= 0.3 is 0 Å². The highest BCUT2D eigenvalue weighted by Crippen LogP contribution is 2.21. The first-order valence-corrected chi connectivity index (χ1v) is 6.99. The van der Waals surface area contributed by atoms with E-state index in [1.165, 1.54) is 6.20 Å². The Labute approximate surface area is 122 Å². The number of aromatic nitrogens is 2. The molecule has 1 amide bonds. The summed E-state index contributed by atoms with van der Waals surface area (Å²) in [6.45, 7) is 0.520. The lowest BCUT2D eigenvalue weighted by Crippen LogP contribution is -2.50. The van der Waals surface area contributed by atoms with Crippen LogP contribution < -0.4 is 11.1 Å². The molecule has 4 N–H and O–H groups in total. The molecular formula is C15H18N4O2. The summed E-state index contributed by atoms with van der Waals surface area (Å²) in [6, 6.07) is 9.62. The maximum absolute atomic E-state index is 12.1. The summed E-state index contributed by atoms with van der Waals surface area (Å²) >= 11 is 0. The fourth-order valence-corrected chi connectivity index (χ4v) is 2.35. The first-order chi connectivity index (χ1) is 10.1.